The van der Waals surface area contributed by atoms with Crippen molar-refractivity contribution in [1.29, 1.82) is 0 Å². The standard InChI is InChI=1S/C27H24BNSi/c1-19-11-10-13-21-20-12-4-7-16-24(20)29(27(19)21)28-22-14-5-8-17-25(22)30(2,3)26-18-9-6-15-23(26)28/h4-18H,1-3H3. The number of benzene rings is 4. The number of fused-ring (bicyclic) bond motifs is 5. The highest BCUT2D eigenvalue weighted by atomic mass is 28.3. The average Bonchev–Trinajstić information content (AvgIpc) is 3.10. The topological polar surface area (TPSA) is 4.93 Å². The summed E-state index contributed by atoms with van der Waals surface area (Å²) in [6.07, 6.45) is 0. The van der Waals surface area contributed by atoms with Gasteiger partial charge in [0.05, 0.1) is 0 Å². The Morgan fingerprint density at radius 3 is 1.90 bits per heavy atom. The molecule has 3 heteroatoms. The maximum absolute atomic E-state index is 2.61. The van der Waals surface area contributed by atoms with E-state index in [9.17, 15) is 0 Å². The van der Waals surface area contributed by atoms with Crippen LogP contribution in [-0.2, 0) is 0 Å². The van der Waals surface area contributed by atoms with E-state index in [0.717, 1.165) is 0 Å². The molecule has 6 rings (SSSR count). The van der Waals surface area contributed by atoms with Gasteiger partial charge in [0.1, 0.15) is 8.07 Å². The smallest absolute Gasteiger partial charge is 0.327 e. The van der Waals surface area contributed by atoms with Gasteiger partial charge in [-0.25, -0.2) is 0 Å². The Bertz CT molecular complexity index is 1400. The third kappa shape index (κ3) is 2.24. The lowest BCUT2D eigenvalue weighted by molar-refractivity contribution is 1.31. The van der Waals surface area contributed by atoms with Gasteiger partial charge in [0.2, 0.25) is 0 Å². The summed E-state index contributed by atoms with van der Waals surface area (Å²) in [7, 11) is -1.75. The Hall–Kier alpha value is -3.04. The molecule has 0 bridgehead atoms. The summed E-state index contributed by atoms with van der Waals surface area (Å²) in [6, 6.07) is 34.0. The molecule has 4 aromatic carbocycles. The lowest BCUT2D eigenvalue weighted by Gasteiger charge is -2.37. The number of hydrogen-bond donors (Lipinski definition) is 0. The Kier molecular flexibility index (Phi) is 3.69. The van der Waals surface area contributed by atoms with Gasteiger partial charge in [0, 0.05) is 21.8 Å². The third-order valence-corrected chi connectivity index (χ3v) is 10.7. The van der Waals surface area contributed by atoms with E-state index >= 15 is 0 Å². The van der Waals surface area contributed by atoms with Crippen molar-refractivity contribution >= 4 is 58.0 Å². The summed E-state index contributed by atoms with van der Waals surface area (Å²) in [5.41, 5.74) is 6.95. The molecule has 0 saturated heterocycles. The lowest BCUT2D eigenvalue weighted by Crippen LogP contribution is -2.75. The molecule has 0 aliphatic carbocycles. The molecule has 0 atom stereocenters. The van der Waals surface area contributed by atoms with Gasteiger partial charge in [0.15, 0.2) is 0 Å². The Labute approximate surface area is 179 Å². The molecular weight excluding hydrogens is 377 g/mol. The van der Waals surface area contributed by atoms with Crippen LogP contribution in [0.15, 0.2) is 91.0 Å². The number of rotatable bonds is 1. The average molecular weight is 401 g/mol. The van der Waals surface area contributed by atoms with Crippen LogP contribution in [0.1, 0.15) is 5.56 Å². The van der Waals surface area contributed by atoms with Crippen molar-refractivity contribution in [1.82, 2.24) is 4.48 Å². The highest BCUT2D eigenvalue weighted by Gasteiger charge is 2.42. The molecule has 2 heterocycles. The van der Waals surface area contributed by atoms with Crippen LogP contribution in [0.4, 0.5) is 0 Å². The van der Waals surface area contributed by atoms with Crippen LogP contribution in [0.2, 0.25) is 13.1 Å². The van der Waals surface area contributed by atoms with Gasteiger partial charge < -0.3 is 4.48 Å². The van der Waals surface area contributed by atoms with Crippen molar-refractivity contribution < 1.29 is 0 Å². The largest absolute Gasteiger partial charge is 0.376 e. The first-order chi connectivity index (χ1) is 14.6. The van der Waals surface area contributed by atoms with Gasteiger partial charge in [-0.1, -0.05) is 119 Å². The Morgan fingerprint density at radius 2 is 1.20 bits per heavy atom. The predicted octanol–water partition coefficient (Wildman–Crippen LogP) is 3.89. The van der Waals surface area contributed by atoms with Crippen LogP contribution < -0.4 is 21.3 Å². The molecule has 30 heavy (non-hydrogen) atoms. The van der Waals surface area contributed by atoms with Gasteiger partial charge in [-0.3, -0.25) is 0 Å². The van der Waals surface area contributed by atoms with Crippen molar-refractivity contribution in [3.05, 3.63) is 96.6 Å². The quantitative estimate of drug-likeness (QED) is 0.376. The molecule has 1 nitrogen and oxygen atoms in total. The summed E-state index contributed by atoms with van der Waals surface area (Å²) in [5, 5.41) is 5.82. The van der Waals surface area contributed by atoms with Gasteiger partial charge in [-0.05, 0) is 18.6 Å². The van der Waals surface area contributed by atoms with Crippen molar-refractivity contribution in [3.63, 3.8) is 0 Å². The zero-order valence-electron chi connectivity index (χ0n) is 17.7. The Morgan fingerprint density at radius 1 is 0.633 bits per heavy atom. The lowest BCUT2D eigenvalue weighted by atomic mass is 9.49. The molecule has 0 saturated carbocycles. The molecule has 1 aromatic heterocycles. The highest BCUT2D eigenvalue weighted by molar-refractivity contribution is 7.10. The van der Waals surface area contributed by atoms with Crippen molar-refractivity contribution in [2.75, 3.05) is 0 Å². The van der Waals surface area contributed by atoms with E-state index in [1.807, 2.05) is 0 Å². The molecule has 0 fully saturated rings. The fourth-order valence-corrected chi connectivity index (χ4v) is 8.90. The van der Waals surface area contributed by atoms with E-state index in [4.69, 9.17) is 0 Å². The number of para-hydroxylation sites is 2. The summed E-state index contributed by atoms with van der Waals surface area (Å²) in [6.45, 7) is 7.44. The summed E-state index contributed by atoms with van der Waals surface area (Å²) in [5.74, 6) is 0. The predicted molar refractivity (Wildman–Crippen MR) is 134 cm³/mol. The first-order valence-corrected chi connectivity index (χ1v) is 13.8. The van der Waals surface area contributed by atoms with E-state index < -0.39 is 8.07 Å². The molecule has 0 unspecified atom stereocenters. The first kappa shape index (κ1) is 17.8. The van der Waals surface area contributed by atoms with Crippen molar-refractivity contribution in [2.45, 2.75) is 20.0 Å². The highest BCUT2D eigenvalue weighted by Crippen LogP contribution is 2.31. The molecule has 0 N–H and O–H groups in total. The monoisotopic (exact) mass is 401 g/mol. The SMILES string of the molecule is Cc1cccc2c3ccccc3n(B3c4ccccc4[Si](C)(C)c4ccccc43)c12. The summed E-state index contributed by atoms with van der Waals surface area (Å²) >= 11 is 0. The van der Waals surface area contributed by atoms with Gasteiger partial charge >= 0.3 is 6.85 Å². The molecular formula is C27H24BNSi. The number of aromatic nitrogens is 1. The molecule has 0 radical (unpaired) electrons. The van der Waals surface area contributed by atoms with E-state index in [1.165, 1.54) is 38.3 Å². The molecule has 1 aliphatic rings. The fraction of sp³-hybridized carbons (Fsp3) is 0.111. The van der Waals surface area contributed by atoms with Crippen LogP contribution in [0, 0.1) is 6.92 Å². The van der Waals surface area contributed by atoms with E-state index in [1.54, 1.807) is 10.4 Å². The van der Waals surface area contributed by atoms with Crippen LogP contribution in [0.3, 0.4) is 0 Å². The zero-order valence-corrected chi connectivity index (χ0v) is 18.7. The van der Waals surface area contributed by atoms with Crippen molar-refractivity contribution in [3.8, 4) is 0 Å². The molecule has 1 aliphatic heterocycles. The minimum Gasteiger partial charge on any atom is -0.376 e. The summed E-state index contributed by atoms with van der Waals surface area (Å²) in [4.78, 5) is 0. The van der Waals surface area contributed by atoms with Crippen LogP contribution >= 0.6 is 0 Å². The van der Waals surface area contributed by atoms with Gasteiger partial charge in [0.25, 0.3) is 0 Å². The zero-order chi connectivity index (χ0) is 20.5. The van der Waals surface area contributed by atoms with Crippen molar-refractivity contribution in [2.24, 2.45) is 0 Å². The van der Waals surface area contributed by atoms with Gasteiger partial charge in [-0.2, -0.15) is 0 Å². The summed E-state index contributed by atoms with van der Waals surface area (Å²) < 4.78 is 2.61. The maximum Gasteiger partial charge on any atom is 0.327 e. The van der Waals surface area contributed by atoms with Crippen LogP contribution in [0.5, 0.6) is 0 Å². The second-order valence-corrected chi connectivity index (χ2v) is 13.4. The molecule has 0 spiro atoms. The minimum absolute atomic E-state index is 0.196. The van der Waals surface area contributed by atoms with E-state index in [-0.39, 0.29) is 6.85 Å². The number of aryl methyl sites for hydroxylation is 1. The van der Waals surface area contributed by atoms with Crippen LogP contribution in [-0.4, -0.2) is 19.4 Å². The number of hydrogen-bond acceptors (Lipinski definition) is 0. The second kappa shape index (κ2) is 6.23. The number of nitrogens with zero attached hydrogens (tertiary/aromatic N) is 1. The van der Waals surface area contributed by atoms with E-state index in [2.05, 4.69) is 115 Å². The first-order valence-electron chi connectivity index (χ1n) is 10.8. The normalized spacial score (nSPS) is 14.7. The fourth-order valence-electron chi connectivity index (χ4n) is 5.70. The second-order valence-electron chi connectivity index (χ2n) is 9.06. The minimum atomic E-state index is -1.75. The third-order valence-electron chi connectivity index (χ3n) is 7.05. The van der Waals surface area contributed by atoms with E-state index in [0.29, 0.717) is 0 Å². The van der Waals surface area contributed by atoms with Crippen LogP contribution in [0.25, 0.3) is 21.8 Å². The van der Waals surface area contributed by atoms with Gasteiger partial charge in [-0.15, -0.1) is 0 Å². The molecule has 5 aromatic rings. The Balaban J connectivity index is 1.82. The molecule has 144 valence electrons. The maximum atomic E-state index is 2.61. The molecule has 0 amide bonds.